The molecule has 1 aromatic heterocycles. The molecule has 0 radical (unpaired) electrons. The van der Waals surface area contributed by atoms with Crippen molar-refractivity contribution in [2.75, 3.05) is 0 Å². The van der Waals surface area contributed by atoms with Gasteiger partial charge in [-0.3, -0.25) is 4.68 Å². The van der Waals surface area contributed by atoms with Gasteiger partial charge in [0.1, 0.15) is 4.60 Å². The zero-order valence-electron chi connectivity index (χ0n) is 6.73. The van der Waals surface area contributed by atoms with Crippen LogP contribution in [0, 0.1) is 5.95 Å². The first-order valence-corrected chi connectivity index (χ1v) is 4.21. The van der Waals surface area contributed by atoms with Crippen molar-refractivity contribution < 1.29 is 4.39 Å². The molecule has 0 amide bonds. The SMILES string of the molecule is CC(C)c1c(F)nn(C)c1Br. The monoisotopic (exact) mass is 220 g/mol. The molecule has 1 heterocycles. The van der Waals surface area contributed by atoms with Crippen LogP contribution in [-0.4, -0.2) is 9.78 Å². The summed E-state index contributed by atoms with van der Waals surface area (Å²) in [4.78, 5) is 0. The molecule has 2 nitrogen and oxygen atoms in total. The average molecular weight is 221 g/mol. The third-order valence-corrected chi connectivity index (χ3v) is 2.48. The van der Waals surface area contributed by atoms with E-state index in [1.165, 1.54) is 4.68 Å². The van der Waals surface area contributed by atoms with E-state index in [-0.39, 0.29) is 11.9 Å². The van der Waals surface area contributed by atoms with Gasteiger partial charge in [-0.25, -0.2) is 0 Å². The van der Waals surface area contributed by atoms with E-state index >= 15 is 0 Å². The fourth-order valence-electron chi connectivity index (χ4n) is 0.965. The number of aromatic nitrogens is 2. The number of rotatable bonds is 1. The highest BCUT2D eigenvalue weighted by atomic mass is 79.9. The summed E-state index contributed by atoms with van der Waals surface area (Å²) < 4.78 is 15.2. The van der Waals surface area contributed by atoms with Crippen LogP contribution in [0.2, 0.25) is 0 Å². The average Bonchev–Trinajstić information content (AvgIpc) is 2.07. The van der Waals surface area contributed by atoms with Crippen molar-refractivity contribution in [1.82, 2.24) is 9.78 Å². The van der Waals surface area contributed by atoms with Crippen LogP contribution in [0.4, 0.5) is 4.39 Å². The largest absolute Gasteiger partial charge is 0.258 e. The van der Waals surface area contributed by atoms with Crippen molar-refractivity contribution in [2.24, 2.45) is 7.05 Å². The molecule has 0 saturated heterocycles. The molecule has 0 saturated carbocycles. The highest BCUT2D eigenvalue weighted by molar-refractivity contribution is 9.10. The fourth-order valence-corrected chi connectivity index (χ4v) is 1.67. The smallest absolute Gasteiger partial charge is 0.237 e. The predicted molar refractivity (Wildman–Crippen MR) is 45.0 cm³/mol. The maximum atomic E-state index is 13.0. The van der Waals surface area contributed by atoms with Gasteiger partial charge in [-0.05, 0) is 21.8 Å². The molecule has 1 rings (SSSR count). The summed E-state index contributed by atoms with van der Waals surface area (Å²) in [7, 11) is 1.71. The normalized spacial score (nSPS) is 11.1. The van der Waals surface area contributed by atoms with Crippen molar-refractivity contribution in [3.05, 3.63) is 16.1 Å². The number of hydrogen-bond donors (Lipinski definition) is 0. The van der Waals surface area contributed by atoms with Crippen molar-refractivity contribution in [1.29, 1.82) is 0 Å². The van der Waals surface area contributed by atoms with E-state index in [9.17, 15) is 4.39 Å². The molecule has 0 atom stereocenters. The van der Waals surface area contributed by atoms with Crippen LogP contribution in [0.3, 0.4) is 0 Å². The van der Waals surface area contributed by atoms with Gasteiger partial charge < -0.3 is 0 Å². The van der Waals surface area contributed by atoms with E-state index in [0.29, 0.717) is 5.56 Å². The maximum absolute atomic E-state index is 13.0. The summed E-state index contributed by atoms with van der Waals surface area (Å²) in [6.45, 7) is 3.87. The molecule has 62 valence electrons. The minimum Gasteiger partial charge on any atom is -0.258 e. The topological polar surface area (TPSA) is 17.8 Å². The highest BCUT2D eigenvalue weighted by Gasteiger charge is 2.16. The maximum Gasteiger partial charge on any atom is 0.237 e. The number of hydrogen-bond acceptors (Lipinski definition) is 1. The van der Waals surface area contributed by atoms with Gasteiger partial charge >= 0.3 is 0 Å². The zero-order chi connectivity index (χ0) is 8.59. The van der Waals surface area contributed by atoms with Crippen LogP contribution in [0.15, 0.2) is 4.60 Å². The van der Waals surface area contributed by atoms with E-state index in [1.807, 2.05) is 13.8 Å². The second-order valence-corrected chi connectivity index (χ2v) is 3.52. The molecular weight excluding hydrogens is 211 g/mol. The van der Waals surface area contributed by atoms with Gasteiger partial charge in [-0.15, -0.1) is 5.10 Å². The summed E-state index contributed by atoms with van der Waals surface area (Å²) in [5.41, 5.74) is 0.646. The van der Waals surface area contributed by atoms with Crippen molar-refractivity contribution in [3.63, 3.8) is 0 Å². The van der Waals surface area contributed by atoms with Gasteiger partial charge in [0.25, 0.3) is 0 Å². The van der Waals surface area contributed by atoms with Gasteiger partial charge in [0.2, 0.25) is 5.95 Å². The Hall–Kier alpha value is -0.380. The van der Waals surface area contributed by atoms with Crippen molar-refractivity contribution in [3.8, 4) is 0 Å². The molecule has 4 heteroatoms. The lowest BCUT2D eigenvalue weighted by Gasteiger charge is -2.00. The van der Waals surface area contributed by atoms with Crippen LogP contribution >= 0.6 is 15.9 Å². The summed E-state index contributed by atoms with van der Waals surface area (Å²) in [6.07, 6.45) is 0. The molecule has 0 N–H and O–H groups in total. The molecule has 0 spiro atoms. The van der Waals surface area contributed by atoms with Gasteiger partial charge in [-0.2, -0.15) is 4.39 Å². The summed E-state index contributed by atoms with van der Waals surface area (Å²) in [5.74, 6) is -0.215. The van der Waals surface area contributed by atoms with Crippen LogP contribution in [-0.2, 0) is 7.05 Å². The fraction of sp³-hybridized carbons (Fsp3) is 0.571. The van der Waals surface area contributed by atoms with E-state index in [2.05, 4.69) is 21.0 Å². The van der Waals surface area contributed by atoms with E-state index in [0.717, 1.165) is 4.60 Å². The van der Waals surface area contributed by atoms with Crippen LogP contribution in [0.5, 0.6) is 0 Å². The Bertz CT molecular complexity index is 268. The zero-order valence-corrected chi connectivity index (χ0v) is 8.31. The summed E-state index contributed by atoms with van der Waals surface area (Å²) in [5, 5.41) is 3.63. The van der Waals surface area contributed by atoms with Crippen molar-refractivity contribution in [2.45, 2.75) is 19.8 Å². The summed E-state index contributed by atoms with van der Waals surface area (Å²) >= 11 is 3.26. The quantitative estimate of drug-likeness (QED) is 0.712. The lowest BCUT2D eigenvalue weighted by Crippen LogP contribution is -1.91. The molecule has 0 bridgehead atoms. The van der Waals surface area contributed by atoms with Crippen LogP contribution < -0.4 is 0 Å². The van der Waals surface area contributed by atoms with Crippen molar-refractivity contribution >= 4 is 15.9 Å². The Balaban J connectivity index is 3.22. The second kappa shape index (κ2) is 2.93. The molecular formula is C7H10BrFN2. The number of aryl methyl sites for hydroxylation is 1. The third-order valence-electron chi connectivity index (χ3n) is 1.54. The van der Waals surface area contributed by atoms with E-state index in [1.54, 1.807) is 7.05 Å². The van der Waals surface area contributed by atoms with Crippen LogP contribution in [0.1, 0.15) is 25.3 Å². The standard InChI is InChI=1S/C7H10BrFN2/c1-4(2)5-6(8)11(3)10-7(5)9/h4H,1-3H3. The molecule has 0 unspecified atom stereocenters. The second-order valence-electron chi connectivity index (χ2n) is 2.77. The van der Waals surface area contributed by atoms with Crippen LogP contribution in [0.25, 0.3) is 0 Å². The summed E-state index contributed by atoms with van der Waals surface area (Å²) in [6, 6.07) is 0. The molecule has 0 aliphatic heterocycles. The van der Waals surface area contributed by atoms with Gasteiger partial charge in [0.15, 0.2) is 0 Å². The minimum atomic E-state index is -0.380. The van der Waals surface area contributed by atoms with E-state index < -0.39 is 0 Å². The first kappa shape index (κ1) is 8.71. The highest BCUT2D eigenvalue weighted by Crippen LogP contribution is 2.26. The number of nitrogens with zero attached hydrogens (tertiary/aromatic N) is 2. The minimum absolute atomic E-state index is 0.165. The predicted octanol–water partition coefficient (Wildman–Crippen LogP) is 2.45. The third kappa shape index (κ3) is 1.45. The van der Waals surface area contributed by atoms with E-state index in [4.69, 9.17) is 0 Å². The molecule has 11 heavy (non-hydrogen) atoms. The molecule has 0 aliphatic carbocycles. The molecule has 0 aromatic carbocycles. The molecule has 1 aromatic rings. The molecule has 0 aliphatic rings. The Morgan fingerprint density at radius 2 is 2.09 bits per heavy atom. The molecule has 0 fully saturated rings. The van der Waals surface area contributed by atoms with Gasteiger partial charge in [0.05, 0.1) is 0 Å². The Kier molecular flexibility index (Phi) is 2.32. The number of halogens is 2. The Morgan fingerprint density at radius 3 is 2.27 bits per heavy atom. The Labute approximate surface area is 73.5 Å². The van der Waals surface area contributed by atoms with Gasteiger partial charge in [-0.1, -0.05) is 13.8 Å². The lowest BCUT2D eigenvalue weighted by atomic mass is 10.1. The Morgan fingerprint density at radius 1 is 1.55 bits per heavy atom. The lowest BCUT2D eigenvalue weighted by molar-refractivity contribution is 0.539. The van der Waals surface area contributed by atoms with Gasteiger partial charge in [0, 0.05) is 12.6 Å². The first-order valence-electron chi connectivity index (χ1n) is 3.42. The first-order chi connectivity index (χ1) is 5.04.